The number of likely N-dealkylation sites (tertiary alicyclic amines) is 1. The lowest BCUT2D eigenvalue weighted by Gasteiger charge is -2.36. The summed E-state index contributed by atoms with van der Waals surface area (Å²) in [6.07, 6.45) is 1.86. The summed E-state index contributed by atoms with van der Waals surface area (Å²) in [5.74, 6) is 0.422. The van der Waals surface area contributed by atoms with E-state index in [0.717, 1.165) is 23.3 Å². The van der Waals surface area contributed by atoms with Crippen LogP contribution in [0.1, 0.15) is 15.9 Å². The first-order chi connectivity index (χ1) is 14.0. The molecule has 1 fully saturated rings. The Morgan fingerprint density at radius 1 is 1.32 bits per heavy atom. The highest BCUT2D eigenvalue weighted by Crippen LogP contribution is 2.46. The predicted molar refractivity (Wildman–Crippen MR) is 134 cm³/mol. The quantitative estimate of drug-likeness (QED) is 0.531. The summed E-state index contributed by atoms with van der Waals surface area (Å²) >= 11 is 4.99. The highest BCUT2D eigenvalue weighted by molar-refractivity contribution is 9.10. The molecule has 1 saturated heterocycles. The number of nitrogens with zero attached hydrogens (tertiary/aromatic N) is 2. The molecule has 2 aromatic carbocycles. The van der Waals surface area contributed by atoms with Crippen molar-refractivity contribution in [1.29, 1.82) is 0 Å². The average molecular weight is 547 g/mol. The highest BCUT2D eigenvalue weighted by atomic mass is 79.9. The molecule has 31 heavy (non-hydrogen) atoms. The number of amidine groups is 1. The molecule has 1 N–H and O–H groups in total. The van der Waals surface area contributed by atoms with E-state index in [9.17, 15) is 9.18 Å². The van der Waals surface area contributed by atoms with E-state index in [0.29, 0.717) is 22.8 Å². The van der Waals surface area contributed by atoms with Crippen molar-refractivity contribution in [1.82, 2.24) is 10.2 Å². The lowest BCUT2D eigenvalue weighted by Crippen LogP contribution is -2.43. The highest BCUT2D eigenvalue weighted by Gasteiger charge is 2.51. The van der Waals surface area contributed by atoms with E-state index < -0.39 is 5.54 Å². The Balaban J connectivity index is 0.00000171. The van der Waals surface area contributed by atoms with Crippen molar-refractivity contribution in [2.45, 2.75) is 5.54 Å². The Bertz CT molecular complexity index is 978. The number of carbonyl (C=O) groups is 1. The van der Waals surface area contributed by atoms with E-state index in [1.165, 1.54) is 17.8 Å². The molecule has 1 amide bonds. The van der Waals surface area contributed by atoms with Crippen LogP contribution in [0.3, 0.4) is 0 Å². The van der Waals surface area contributed by atoms with Crippen molar-refractivity contribution in [2.24, 2.45) is 10.9 Å². The van der Waals surface area contributed by atoms with Gasteiger partial charge in [0.2, 0.25) is 0 Å². The lowest BCUT2D eigenvalue weighted by atomic mass is 9.81. The zero-order valence-corrected chi connectivity index (χ0v) is 20.6. The Hall–Kier alpha value is -1.38. The maximum absolute atomic E-state index is 14.9. The molecule has 0 saturated carbocycles. The molecule has 0 aromatic heterocycles. The molecule has 2 heterocycles. The Morgan fingerprint density at radius 3 is 2.77 bits per heavy atom. The van der Waals surface area contributed by atoms with Gasteiger partial charge in [-0.15, -0.1) is 31.4 Å². The number of aliphatic imine (C=N–C) groups is 1. The first kappa shape index (κ1) is 25.9. The van der Waals surface area contributed by atoms with Crippen LogP contribution in [0, 0.1) is 11.7 Å². The van der Waals surface area contributed by atoms with E-state index in [-0.39, 0.29) is 42.5 Å². The van der Waals surface area contributed by atoms with Crippen LogP contribution < -0.4 is 5.32 Å². The molecule has 2 aromatic rings. The van der Waals surface area contributed by atoms with Crippen LogP contribution in [-0.2, 0) is 5.54 Å². The van der Waals surface area contributed by atoms with Gasteiger partial charge < -0.3 is 5.32 Å². The number of carbonyl (C=O) groups excluding carboxylic acids is 1. The minimum absolute atomic E-state index is 0. The third kappa shape index (κ3) is 5.34. The monoisotopic (exact) mass is 545 g/mol. The SMILES string of the molecule is C=CCN1C[C@H]2CSC(NC(=O)c3ccccc3)=N[C@@]2(c2cc(Br)ccc2F)C1.Cl.Cl. The largest absolute Gasteiger partial charge is 0.301 e. The van der Waals surface area contributed by atoms with Crippen molar-refractivity contribution in [3.63, 3.8) is 0 Å². The number of nitrogens with one attached hydrogen (secondary N) is 1. The minimum atomic E-state index is -0.735. The molecule has 2 atom stereocenters. The molecule has 0 radical (unpaired) electrons. The van der Waals surface area contributed by atoms with E-state index in [4.69, 9.17) is 4.99 Å². The van der Waals surface area contributed by atoms with E-state index in [1.807, 2.05) is 30.3 Å². The van der Waals surface area contributed by atoms with Crippen LogP contribution in [0.5, 0.6) is 0 Å². The zero-order chi connectivity index (χ0) is 20.4. The molecule has 0 bridgehead atoms. The molecular formula is C22H23BrCl2FN3OS. The summed E-state index contributed by atoms with van der Waals surface area (Å²) in [5, 5.41) is 3.46. The Labute approximate surface area is 206 Å². The third-order valence-corrected chi connectivity index (χ3v) is 6.91. The maximum Gasteiger partial charge on any atom is 0.257 e. The smallest absolute Gasteiger partial charge is 0.257 e. The number of hydrogen-bond donors (Lipinski definition) is 1. The molecule has 0 aliphatic carbocycles. The van der Waals surface area contributed by atoms with Crippen molar-refractivity contribution in [3.05, 3.63) is 82.6 Å². The van der Waals surface area contributed by atoms with Crippen LogP contribution in [0.25, 0.3) is 0 Å². The Morgan fingerprint density at radius 2 is 2.06 bits per heavy atom. The molecule has 4 rings (SSSR count). The summed E-state index contributed by atoms with van der Waals surface area (Å²) in [5.41, 5.74) is 0.400. The normalized spacial score (nSPS) is 22.4. The van der Waals surface area contributed by atoms with E-state index >= 15 is 0 Å². The van der Waals surface area contributed by atoms with Crippen molar-refractivity contribution >= 4 is 63.6 Å². The summed E-state index contributed by atoms with van der Waals surface area (Å²) in [7, 11) is 0. The van der Waals surface area contributed by atoms with Gasteiger partial charge >= 0.3 is 0 Å². The van der Waals surface area contributed by atoms with Crippen molar-refractivity contribution in [2.75, 3.05) is 25.4 Å². The number of hydrogen-bond acceptors (Lipinski definition) is 4. The van der Waals surface area contributed by atoms with Crippen LogP contribution in [0.2, 0.25) is 0 Å². The van der Waals surface area contributed by atoms with Crippen LogP contribution in [-0.4, -0.2) is 41.4 Å². The molecule has 9 heteroatoms. The summed E-state index contributed by atoms with van der Waals surface area (Å²) in [6.45, 7) is 5.96. The topological polar surface area (TPSA) is 44.7 Å². The zero-order valence-electron chi connectivity index (χ0n) is 16.6. The second-order valence-corrected chi connectivity index (χ2v) is 9.20. The number of fused-ring (bicyclic) bond motifs is 1. The van der Waals surface area contributed by atoms with Gasteiger partial charge in [0.15, 0.2) is 5.17 Å². The van der Waals surface area contributed by atoms with Gasteiger partial charge in [-0.2, -0.15) is 0 Å². The molecule has 4 nitrogen and oxygen atoms in total. The molecule has 166 valence electrons. The lowest BCUT2D eigenvalue weighted by molar-refractivity contribution is 0.0977. The standard InChI is InChI=1S/C22H21BrFN3OS.2ClH/c1-2-10-27-12-16-13-29-21(25-20(28)15-6-4-3-5-7-15)26-22(16,14-27)18-11-17(23)8-9-19(18)24;;/h2-9,11,16H,1,10,12-14H2,(H,25,26,28);2*1H/t16-,22-;;/m0../s1. The molecule has 2 aliphatic heterocycles. The minimum Gasteiger partial charge on any atom is -0.301 e. The molecule has 2 aliphatic rings. The average Bonchev–Trinajstić information content (AvgIpc) is 3.09. The second kappa shape index (κ2) is 11.0. The first-order valence-corrected chi connectivity index (χ1v) is 11.2. The fourth-order valence-corrected chi connectivity index (χ4v) is 5.54. The first-order valence-electron chi connectivity index (χ1n) is 9.39. The second-order valence-electron chi connectivity index (χ2n) is 7.28. The van der Waals surface area contributed by atoms with Gasteiger partial charge in [-0.05, 0) is 30.3 Å². The van der Waals surface area contributed by atoms with Crippen LogP contribution >= 0.6 is 52.5 Å². The number of benzene rings is 2. The summed E-state index contributed by atoms with van der Waals surface area (Å²) in [4.78, 5) is 19.8. The van der Waals surface area contributed by atoms with Gasteiger partial charge in [-0.3, -0.25) is 9.69 Å². The van der Waals surface area contributed by atoms with E-state index in [2.05, 4.69) is 32.7 Å². The molecular weight excluding hydrogens is 524 g/mol. The van der Waals surface area contributed by atoms with Gasteiger partial charge in [-0.25, -0.2) is 9.38 Å². The fraction of sp³-hybridized carbons (Fsp3) is 0.273. The van der Waals surface area contributed by atoms with Gasteiger partial charge in [0.25, 0.3) is 5.91 Å². The molecule has 0 unspecified atom stereocenters. The third-order valence-electron chi connectivity index (χ3n) is 5.38. The van der Waals surface area contributed by atoms with Crippen molar-refractivity contribution < 1.29 is 9.18 Å². The number of halogens is 4. The number of amides is 1. The van der Waals surface area contributed by atoms with Gasteiger partial charge in [-0.1, -0.05) is 52.0 Å². The summed E-state index contributed by atoms with van der Waals surface area (Å²) in [6, 6.07) is 14.0. The summed E-state index contributed by atoms with van der Waals surface area (Å²) < 4.78 is 15.7. The van der Waals surface area contributed by atoms with Gasteiger partial charge in [0.05, 0.1) is 0 Å². The predicted octanol–water partition coefficient (Wildman–Crippen LogP) is 5.28. The number of rotatable bonds is 4. The number of thioether (sulfide) groups is 1. The fourth-order valence-electron chi connectivity index (χ4n) is 4.05. The molecule has 0 spiro atoms. The maximum atomic E-state index is 14.9. The van der Waals surface area contributed by atoms with Crippen LogP contribution in [0.4, 0.5) is 4.39 Å². The Kier molecular flexibility index (Phi) is 9.15. The van der Waals surface area contributed by atoms with Gasteiger partial charge in [0.1, 0.15) is 11.4 Å². The van der Waals surface area contributed by atoms with E-state index in [1.54, 1.807) is 18.2 Å². The van der Waals surface area contributed by atoms with Crippen LogP contribution in [0.15, 0.2) is 70.7 Å². The van der Waals surface area contributed by atoms with Gasteiger partial charge in [0, 0.05) is 46.9 Å². The van der Waals surface area contributed by atoms with Crippen molar-refractivity contribution in [3.8, 4) is 0 Å².